The van der Waals surface area contributed by atoms with Crippen LogP contribution in [0.5, 0.6) is 0 Å². The van der Waals surface area contributed by atoms with Crippen molar-refractivity contribution in [3.63, 3.8) is 0 Å². The Hall–Kier alpha value is -4.77. The molecule has 1 atom stereocenters. The highest BCUT2D eigenvalue weighted by atomic mass is 32.2. The monoisotopic (exact) mass is 661 g/mol. The fourth-order valence-corrected chi connectivity index (χ4v) is 6.96. The third-order valence-corrected chi connectivity index (χ3v) is 9.86. The molecule has 0 radical (unpaired) electrons. The van der Waals surface area contributed by atoms with Gasteiger partial charge in [0.2, 0.25) is 0 Å². The van der Waals surface area contributed by atoms with Gasteiger partial charge in [0, 0.05) is 56.6 Å². The molecule has 13 heteroatoms. The molecule has 47 heavy (non-hydrogen) atoms. The van der Waals surface area contributed by atoms with Gasteiger partial charge in [-0.2, -0.15) is 17.4 Å². The topological polar surface area (TPSA) is 134 Å². The van der Waals surface area contributed by atoms with Crippen molar-refractivity contribution < 1.29 is 22.7 Å². The number of aromatic nitrogens is 2. The number of halogens is 1. The second-order valence-electron chi connectivity index (χ2n) is 11.8. The lowest BCUT2D eigenvalue weighted by Gasteiger charge is -2.36. The van der Waals surface area contributed by atoms with E-state index in [0.29, 0.717) is 36.0 Å². The molecule has 1 aliphatic heterocycles. The fourth-order valence-electron chi connectivity index (χ4n) is 5.48. The van der Waals surface area contributed by atoms with Gasteiger partial charge in [-0.3, -0.25) is 18.7 Å². The lowest BCUT2D eigenvalue weighted by molar-refractivity contribution is -0.140. The summed E-state index contributed by atoms with van der Waals surface area (Å²) in [5.41, 5.74) is 2.72. The van der Waals surface area contributed by atoms with Crippen molar-refractivity contribution in [1.82, 2.24) is 18.2 Å². The van der Waals surface area contributed by atoms with Gasteiger partial charge >= 0.3 is 11.7 Å². The Morgan fingerprint density at radius 3 is 2.17 bits per heavy atom. The number of benzene rings is 3. The van der Waals surface area contributed by atoms with Crippen LogP contribution in [0, 0.1) is 23.6 Å². The first-order valence-corrected chi connectivity index (χ1v) is 16.6. The van der Waals surface area contributed by atoms with Crippen molar-refractivity contribution >= 4 is 32.8 Å². The van der Waals surface area contributed by atoms with Crippen LogP contribution in [0.25, 0.3) is 10.9 Å². The maximum absolute atomic E-state index is 13.3. The van der Waals surface area contributed by atoms with Gasteiger partial charge < -0.3 is 10.0 Å². The van der Waals surface area contributed by atoms with Crippen LogP contribution in [0.1, 0.15) is 30.5 Å². The van der Waals surface area contributed by atoms with Crippen molar-refractivity contribution in [1.29, 1.82) is 0 Å². The first kappa shape index (κ1) is 33.6. The molecule has 11 nitrogen and oxygen atoms in total. The molecule has 3 aromatic carbocycles. The van der Waals surface area contributed by atoms with Crippen LogP contribution in [-0.2, 0) is 35.0 Å². The first-order valence-electron chi connectivity index (χ1n) is 15.2. The van der Waals surface area contributed by atoms with Crippen molar-refractivity contribution in [3.8, 4) is 11.8 Å². The van der Waals surface area contributed by atoms with E-state index in [4.69, 9.17) is 0 Å². The number of aryl methyl sites for hydroxylation is 2. The molecule has 5 rings (SSSR count). The predicted molar refractivity (Wildman–Crippen MR) is 178 cm³/mol. The second kappa shape index (κ2) is 13.9. The molecule has 0 spiro atoms. The normalized spacial score (nSPS) is 14.6. The zero-order valence-corrected chi connectivity index (χ0v) is 27.1. The van der Waals surface area contributed by atoms with Gasteiger partial charge in [-0.25, -0.2) is 9.18 Å². The highest BCUT2D eigenvalue weighted by molar-refractivity contribution is 7.87. The van der Waals surface area contributed by atoms with Crippen LogP contribution in [0.4, 0.5) is 10.1 Å². The Morgan fingerprint density at radius 2 is 1.55 bits per heavy atom. The van der Waals surface area contributed by atoms with Crippen molar-refractivity contribution in [2.75, 3.05) is 31.1 Å². The third-order valence-electron chi connectivity index (χ3n) is 8.26. The number of nitrogens with one attached hydrogen (secondary N) is 1. The first-order chi connectivity index (χ1) is 22.3. The number of carbonyl (C=O) groups is 1. The Bertz CT molecular complexity index is 2070. The van der Waals surface area contributed by atoms with Crippen LogP contribution in [-0.4, -0.2) is 65.2 Å². The quantitative estimate of drug-likeness (QED) is 0.264. The minimum atomic E-state index is -3.95. The van der Waals surface area contributed by atoms with Gasteiger partial charge in [0.15, 0.2) is 0 Å². The van der Waals surface area contributed by atoms with Crippen molar-refractivity contribution in [2.45, 2.75) is 32.9 Å². The van der Waals surface area contributed by atoms with Gasteiger partial charge in [0.1, 0.15) is 11.9 Å². The van der Waals surface area contributed by atoms with Crippen LogP contribution in [0.3, 0.4) is 0 Å². The van der Waals surface area contributed by atoms with Gasteiger partial charge in [-0.05, 0) is 72.5 Å². The number of hydrogen-bond acceptors (Lipinski definition) is 6. The van der Waals surface area contributed by atoms with Gasteiger partial charge in [-0.15, -0.1) is 0 Å². The summed E-state index contributed by atoms with van der Waals surface area (Å²) >= 11 is 0. The van der Waals surface area contributed by atoms with E-state index >= 15 is 0 Å². The average Bonchev–Trinajstić information content (AvgIpc) is 3.06. The number of rotatable bonds is 9. The zero-order chi connectivity index (χ0) is 33.9. The fraction of sp³-hybridized carbons (Fsp3) is 0.324. The summed E-state index contributed by atoms with van der Waals surface area (Å²) in [5, 5.41) is 9.73. The summed E-state index contributed by atoms with van der Waals surface area (Å²) in [6.07, 6.45) is 0.397. The Balaban J connectivity index is 1.26. The van der Waals surface area contributed by atoms with E-state index in [1.807, 2.05) is 24.3 Å². The summed E-state index contributed by atoms with van der Waals surface area (Å²) in [6, 6.07) is 17.4. The van der Waals surface area contributed by atoms with E-state index in [0.717, 1.165) is 16.8 Å². The molecule has 2 heterocycles. The van der Waals surface area contributed by atoms with E-state index < -0.39 is 39.4 Å². The van der Waals surface area contributed by atoms with Crippen LogP contribution in [0.2, 0.25) is 0 Å². The second-order valence-corrected chi connectivity index (χ2v) is 13.5. The maximum atomic E-state index is 13.3. The number of anilines is 1. The smallest absolute Gasteiger partial charge is 0.331 e. The standard InChI is InChI=1S/C34H36FN5O6S/c1-23(2)31(33(42)43)36-47(45,46)39-20-18-38(19-21-39)28-13-8-24(9-14-28)4-5-26-10-15-30-29(22-26)32(41)40(34(44)37(30)3)17-16-25-6-11-27(35)12-7-25/h6-15,22-23,31,36H,16-21H2,1-3H3,(H,42,43)/t31-/m1/s1. The molecular formula is C34H36FN5O6S. The summed E-state index contributed by atoms with van der Waals surface area (Å²) in [6.45, 7) is 4.75. The Labute approximate surface area is 272 Å². The minimum absolute atomic E-state index is 0.153. The molecule has 0 bridgehead atoms. The molecular weight excluding hydrogens is 625 g/mol. The molecule has 1 aliphatic rings. The van der Waals surface area contributed by atoms with E-state index in [9.17, 15) is 32.3 Å². The summed E-state index contributed by atoms with van der Waals surface area (Å²) in [4.78, 5) is 39.8. The number of hydrogen-bond donors (Lipinski definition) is 2. The largest absolute Gasteiger partial charge is 0.480 e. The van der Waals surface area contributed by atoms with Gasteiger partial charge in [-0.1, -0.05) is 37.8 Å². The van der Waals surface area contributed by atoms with Crippen LogP contribution in [0.15, 0.2) is 76.3 Å². The van der Waals surface area contributed by atoms with E-state index in [1.54, 1.807) is 51.2 Å². The number of carboxylic acids is 1. The van der Waals surface area contributed by atoms with E-state index in [2.05, 4.69) is 21.5 Å². The number of piperazine rings is 1. The Kier molecular flexibility index (Phi) is 9.95. The molecule has 4 aromatic rings. The molecule has 1 saturated heterocycles. The molecule has 1 aromatic heterocycles. The van der Waals surface area contributed by atoms with Gasteiger partial charge in [0.25, 0.3) is 15.8 Å². The number of fused-ring (bicyclic) bond motifs is 1. The van der Waals surface area contributed by atoms with E-state index in [-0.39, 0.29) is 25.5 Å². The molecule has 0 saturated carbocycles. The molecule has 2 N–H and O–H groups in total. The molecule has 0 aliphatic carbocycles. The summed E-state index contributed by atoms with van der Waals surface area (Å²) < 4.78 is 45.0. The molecule has 1 fully saturated rings. The van der Waals surface area contributed by atoms with Gasteiger partial charge in [0.05, 0.1) is 10.9 Å². The van der Waals surface area contributed by atoms with Crippen molar-refractivity contribution in [3.05, 3.63) is 110 Å². The minimum Gasteiger partial charge on any atom is -0.480 e. The Morgan fingerprint density at radius 1 is 0.936 bits per heavy atom. The highest BCUT2D eigenvalue weighted by Crippen LogP contribution is 2.19. The van der Waals surface area contributed by atoms with E-state index in [1.165, 1.54) is 25.6 Å². The molecule has 0 amide bonds. The average molecular weight is 662 g/mol. The van der Waals surface area contributed by atoms with Crippen molar-refractivity contribution in [2.24, 2.45) is 13.0 Å². The zero-order valence-electron chi connectivity index (χ0n) is 26.3. The van der Waals surface area contributed by atoms with Crippen LogP contribution < -0.4 is 20.9 Å². The predicted octanol–water partition coefficient (Wildman–Crippen LogP) is 2.55. The summed E-state index contributed by atoms with van der Waals surface area (Å²) in [7, 11) is -2.34. The third kappa shape index (κ3) is 7.62. The summed E-state index contributed by atoms with van der Waals surface area (Å²) in [5.74, 6) is 4.24. The number of carboxylic acid groups (broad SMARTS) is 1. The molecule has 246 valence electrons. The number of nitrogens with zero attached hydrogens (tertiary/aromatic N) is 4. The highest BCUT2D eigenvalue weighted by Gasteiger charge is 2.33. The maximum Gasteiger partial charge on any atom is 0.331 e. The SMILES string of the molecule is CC(C)[C@@H](NS(=O)(=O)N1CCN(c2ccc(C#Cc3ccc4c(c3)c(=O)n(CCc3ccc(F)cc3)c(=O)n4C)cc2)CC1)C(=O)O. The number of aliphatic carboxylic acids is 1. The lowest BCUT2D eigenvalue weighted by atomic mass is 10.1. The lowest BCUT2D eigenvalue weighted by Crippen LogP contribution is -2.55. The van der Waals surface area contributed by atoms with Crippen LogP contribution >= 0.6 is 0 Å². The molecule has 0 unspecified atom stereocenters.